The number of hydrogen-bond acceptors (Lipinski definition) is 5. The van der Waals surface area contributed by atoms with Gasteiger partial charge in [0.1, 0.15) is 0 Å². The highest BCUT2D eigenvalue weighted by atomic mass is 35.5. The van der Waals surface area contributed by atoms with Crippen LogP contribution in [0.3, 0.4) is 0 Å². The molecule has 144 valence electrons. The fraction of sp³-hybridized carbons (Fsp3) is 0.389. The largest absolute Gasteiger partial charge is 0.478 e. The number of thiocarbonyl (C=S) groups is 1. The van der Waals surface area contributed by atoms with Gasteiger partial charge in [0, 0.05) is 41.9 Å². The molecule has 1 aliphatic heterocycles. The molecule has 1 aromatic heterocycles. The lowest BCUT2D eigenvalue weighted by Gasteiger charge is -2.37. The molecular weight excluding hydrogens is 405 g/mol. The van der Waals surface area contributed by atoms with Crippen LogP contribution in [0.1, 0.15) is 11.4 Å². The van der Waals surface area contributed by atoms with Crippen LogP contribution in [0.25, 0.3) is 0 Å². The first kappa shape index (κ1) is 19.9. The lowest BCUT2D eigenvalue weighted by atomic mass is 10.2. The van der Waals surface area contributed by atoms with Gasteiger partial charge in [0.25, 0.3) is 5.88 Å². The Balaban J connectivity index is 1.64. The fourth-order valence-electron chi connectivity index (χ4n) is 2.88. The number of aromatic nitrogens is 2. The molecule has 0 bridgehead atoms. The van der Waals surface area contributed by atoms with Crippen LogP contribution >= 0.6 is 35.4 Å². The highest BCUT2D eigenvalue weighted by molar-refractivity contribution is 7.80. The monoisotopic (exact) mass is 425 g/mol. The van der Waals surface area contributed by atoms with E-state index >= 15 is 0 Å². The van der Waals surface area contributed by atoms with Crippen molar-refractivity contribution in [1.82, 2.24) is 14.9 Å². The van der Waals surface area contributed by atoms with Crippen molar-refractivity contribution in [2.45, 2.75) is 13.8 Å². The average Bonchev–Trinajstić information content (AvgIpc) is 2.63. The molecule has 0 unspecified atom stereocenters. The van der Waals surface area contributed by atoms with Crippen LogP contribution < -0.4 is 15.0 Å². The third kappa shape index (κ3) is 4.72. The molecular formula is C18H21Cl2N5OS. The van der Waals surface area contributed by atoms with Crippen molar-refractivity contribution in [3.8, 4) is 5.88 Å². The zero-order valence-corrected chi connectivity index (χ0v) is 17.8. The topological polar surface area (TPSA) is 53.5 Å². The quantitative estimate of drug-likeness (QED) is 0.747. The second-order valence-electron chi connectivity index (χ2n) is 6.28. The van der Waals surface area contributed by atoms with Crippen LogP contribution in [0, 0.1) is 13.8 Å². The molecule has 0 saturated carbocycles. The molecule has 9 heteroatoms. The van der Waals surface area contributed by atoms with E-state index in [0.717, 1.165) is 43.3 Å². The van der Waals surface area contributed by atoms with Crippen molar-refractivity contribution in [3.63, 3.8) is 0 Å². The van der Waals surface area contributed by atoms with E-state index in [2.05, 4.69) is 25.1 Å². The standard InChI is InChI=1S/C18H21Cl2N5OS/c1-11-12(2)22-17(26-3)16(21-11)23-18(27)25-6-4-24(5-7-25)15-9-13(19)8-14(20)10-15/h8-10H,4-7H2,1-3H3,(H,21,23,27). The Morgan fingerprint density at radius 3 is 2.22 bits per heavy atom. The molecule has 0 radical (unpaired) electrons. The SMILES string of the molecule is COc1nc(C)c(C)nc1NC(=S)N1CCN(c2cc(Cl)cc(Cl)c2)CC1. The number of aryl methyl sites for hydroxylation is 2. The van der Waals surface area contributed by atoms with Crippen LogP contribution in [0.4, 0.5) is 11.5 Å². The Bertz CT molecular complexity index is 836. The summed E-state index contributed by atoms with van der Waals surface area (Å²) in [5, 5.41) is 5.05. The molecule has 0 spiro atoms. The van der Waals surface area contributed by atoms with Gasteiger partial charge in [-0.25, -0.2) is 9.97 Å². The minimum absolute atomic E-state index is 0.438. The van der Waals surface area contributed by atoms with Crippen molar-refractivity contribution in [3.05, 3.63) is 39.6 Å². The first-order valence-corrected chi connectivity index (χ1v) is 9.70. The van der Waals surface area contributed by atoms with E-state index in [0.29, 0.717) is 26.9 Å². The van der Waals surface area contributed by atoms with Crippen molar-refractivity contribution < 1.29 is 4.74 Å². The predicted octanol–water partition coefficient (Wildman–Crippen LogP) is 3.93. The Morgan fingerprint density at radius 2 is 1.63 bits per heavy atom. The number of hydrogen-bond donors (Lipinski definition) is 1. The Kier molecular flexibility index (Phi) is 6.24. The van der Waals surface area contributed by atoms with Crippen LogP contribution in [0.15, 0.2) is 18.2 Å². The predicted molar refractivity (Wildman–Crippen MR) is 115 cm³/mol. The number of halogens is 2. The van der Waals surface area contributed by atoms with Crippen molar-refractivity contribution in [2.75, 3.05) is 43.5 Å². The van der Waals surface area contributed by atoms with Gasteiger partial charge in [0.05, 0.1) is 18.5 Å². The van der Waals surface area contributed by atoms with E-state index in [-0.39, 0.29) is 0 Å². The van der Waals surface area contributed by atoms with Gasteiger partial charge in [-0.3, -0.25) is 0 Å². The fourth-order valence-corrected chi connectivity index (χ4v) is 3.67. The van der Waals surface area contributed by atoms with Gasteiger partial charge in [0.2, 0.25) is 0 Å². The van der Waals surface area contributed by atoms with Gasteiger partial charge >= 0.3 is 0 Å². The molecule has 1 N–H and O–H groups in total. The number of anilines is 2. The summed E-state index contributed by atoms with van der Waals surface area (Å²) in [5.41, 5.74) is 2.69. The second kappa shape index (κ2) is 8.46. The Hall–Kier alpha value is -1.83. The first-order valence-electron chi connectivity index (χ1n) is 8.53. The maximum atomic E-state index is 6.11. The first-order chi connectivity index (χ1) is 12.9. The smallest absolute Gasteiger partial charge is 0.257 e. The van der Waals surface area contributed by atoms with Crippen LogP contribution in [0.5, 0.6) is 5.88 Å². The number of methoxy groups -OCH3 is 1. The van der Waals surface area contributed by atoms with Gasteiger partial charge in [-0.1, -0.05) is 23.2 Å². The maximum absolute atomic E-state index is 6.11. The van der Waals surface area contributed by atoms with Crippen molar-refractivity contribution in [1.29, 1.82) is 0 Å². The second-order valence-corrected chi connectivity index (χ2v) is 7.54. The van der Waals surface area contributed by atoms with Crippen molar-refractivity contribution in [2.24, 2.45) is 0 Å². The average molecular weight is 426 g/mol. The summed E-state index contributed by atoms with van der Waals surface area (Å²) in [5.74, 6) is 0.974. The highest BCUT2D eigenvalue weighted by Gasteiger charge is 2.21. The van der Waals surface area contributed by atoms with E-state index in [1.54, 1.807) is 13.2 Å². The Labute approximate surface area is 174 Å². The highest BCUT2D eigenvalue weighted by Crippen LogP contribution is 2.26. The lowest BCUT2D eigenvalue weighted by molar-refractivity contribution is 0.387. The summed E-state index contributed by atoms with van der Waals surface area (Å²) in [6.07, 6.45) is 0. The van der Waals surface area contributed by atoms with Crippen LogP contribution in [-0.2, 0) is 0 Å². The van der Waals surface area contributed by atoms with Gasteiger partial charge < -0.3 is 19.9 Å². The molecule has 1 fully saturated rings. The molecule has 1 aromatic carbocycles. The van der Waals surface area contributed by atoms with E-state index in [1.807, 2.05) is 26.0 Å². The summed E-state index contributed by atoms with van der Waals surface area (Å²) in [6, 6.07) is 5.59. The Morgan fingerprint density at radius 1 is 1.04 bits per heavy atom. The van der Waals surface area contributed by atoms with E-state index in [1.165, 1.54) is 0 Å². The van der Waals surface area contributed by atoms with Gasteiger partial charge in [-0.2, -0.15) is 0 Å². The number of benzene rings is 1. The third-order valence-electron chi connectivity index (χ3n) is 4.47. The molecule has 1 saturated heterocycles. The van der Waals surface area contributed by atoms with E-state index < -0.39 is 0 Å². The summed E-state index contributed by atoms with van der Waals surface area (Å²) in [6.45, 7) is 6.98. The lowest BCUT2D eigenvalue weighted by Crippen LogP contribution is -2.50. The molecule has 2 heterocycles. The summed E-state index contributed by atoms with van der Waals surface area (Å²) in [7, 11) is 1.57. The number of nitrogens with one attached hydrogen (secondary N) is 1. The normalized spacial score (nSPS) is 14.3. The minimum atomic E-state index is 0.438. The van der Waals surface area contributed by atoms with Gasteiger partial charge in [-0.15, -0.1) is 0 Å². The molecule has 0 atom stereocenters. The zero-order valence-electron chi connectivity index (χ0n) is 15.4. The molecule has 1 aliphatic rings. The summed E-state index contributed by atoms with van der Waals surface area (Å²) in [4.78, 5) is 13.3. The molecule has 3 rings (SSSR count). The zero-order chi connectivity index (χ0) is 19.6. The number of piperazine rings is 1. The van der Waals surface area contributed by atoms with Crippen molar-refractivity contribution >= 4 is 52.0 Å². The van der Waals surface area contributed by atoms with Crippen LogP contribution in [0.2, 0.25) is 10.0 Å². The van der Waals surface area contributed by atoms with Crippen LogP contribution in [-0.4, -0.2) is 53.3 Å². The van der Waals surface area contributed by atoms with Gasteiger partial charge in [-0.05, 0) is 44.3 Å². The maximum Gasteiger partial charge on any atom is 0.257 e. The molecule has 2 aromatic rings. The summed E-state index contributed by atoms with van der Waals surface area (Å²) >= 11 is 17.8. The molecule has 27 heavy (non-hydrogen) atoms. The van der Waals surface area contributed by atoms with Gasteiger partial charge in [0.15, 0.2) is 10.9 Å². The minimum Gasteiger partial charge on any atom is -0.478 e. The number of ether oxygens (including phenoxy) is 1. The summed E-state index contributed by atoms with van der Waals surface area (Å²) < 4.78 is 5.32. The molecule has 0 aliphatic carbocycles. The molecule has 6 nitrogen and oxygen atoms in total. The number of rotatable bonds is 3. The third-order valence-corrected chi connectivity index (χ3v) is 5.27. The number of nitrogens with zero attached hydrogens (tertiary/aromatic N) is 4. The van der Waals surface area contributed by atoms with E-state index in [9.17, 15) is 0 Å². The molecule has 0 amide bonds. The van der Waals surface area contributed by atoms with E-state index in [4.69, 9.17) is 40.2 Å².